The number of rotatable bonds is 6. The maximum atomic E-state index is 12.2. The number of carboxylic acid groups (broad SMARTS) is 1. The van der Waals surface area contributed by atoms with Gasteiger partial charge in [0.25, 0.3) is 6.47 Å². The fourth-order valence-corrected chi connectivity index (χ4v) is 2.01. The summed E-state index contributed by atoms with van der Waals surface area (Å²) in [5.41, 5.74) is 0.785. The van der Waals surface area contributed by atoms with Crippen molar-refractivity contribution in [2.45, 2.75) is 20.0 Å². The van der Waals surface area contributed by atoms with Crippen LogP contribution in [0.2, 0.25) is 0 Å². The molecule has 2 aromatic heterocycles. The highest BCUT2D eigenvalue weighted by Crippen LogP contribution is 2.06. The van der Waals surface area contributed by atoms with Gasteiger partial charge in [-0.3, -0.25) is 9.59 Å². The molecule has 0 atom stereocenters. The largest absolute Gasteiger partial charge is 0.483 e. The van der Waals surface area contributed by atoms with Crippen molar-refractivity contribution in [3.63, 3.8) is 0 Å². The summed E-state index contributed by atoms with van der Waals surface area (Å²) in [6, 6.07) is 0. The second-order valence-electron chi connectivity index (χ2n) is 5.47. The molecule has 0 saturated heterocycles. The van der Waals surface area contributed by atoms with Crippen LogP contribution in [0.25, 0.3) is 6.08 Å². The second-order valence-corrected chi connectivity index (χ2v) is 5.47. The molecule has 2 rings (SSSR count). The van der Waals surface area contributed by atoms with E-state index in [0.29, 0.717) is 12.5 Å². The van der Waals surface area contributed by atoms with E-state index in [2.05, 4.69) is 15.0 Å². The van der Waals surface area contributed by atoms with Gasteiger partial charge >= 0.3 is 0 Å². The standard InChI is InChI=1S/C16H22N6O.CH2O2/c1-5-22-9-8-17-14(22)12-21(4)15(23)7-6-13-10-18-16(19-11-13)20(2)3;2-1-3/h6-11H,5,12H2,1-4H3;1H,(H,2,3). The van der Waals surface area contributed by atoms with E-state index >= 15 is 0 Å². The number of carbonyl (C=O) groups excluding carboxylic acids is 1. The predicted octanol–water partition coefficient (Wildman–Crippen LogP) is 1.13. The van der Waals surface area contributed by atoms with Gasteiger partial charge in [-0.15, -0.1) is 0 Å². The van der Waals surface area contributed by atoms with Gasteiger partial charge in [0.1, 0.15) is 5.82 Å². The number of amides is 1. The lowest BCUT2D eigenvalue weighted by Crippen LogP contribution is -2.25. The van der Waals surface area contributed by atoms with E-state index < -0.39 is 0 Å². The van der Waals surface area contributed by atoms with Crippen molar-refractivity contribution in [3.05, 3.63) is 42.3 Å². The number of imidazole rings is 1. The van der Waals surface area contributed by atoms with E-state index in [0.717, 1.165) is 17.9 Å². The zero-order valence-corrected chi connectivity index (χ0v) is 15.4. The van der Waals surface area contributed by atoms with Gasteiger partial charge in [0.15, 0.2) is 0 Å². The number of anilines is 1. The Morgan fingerprint density at radius 2 is 1.85 bits per heavy atom. The highest BCUT2D eigenvalue weighted by atomic mass is 16.3. The summed E-state index contributed by atoms with van der Waals surface area (Å²) in [5, 5.41) is 6.89. The first-order valence-corrected chi connectivity index (χ1v) is 7.93. The summed E-state index contributed by atoms with van der Waals surface area (Å²) in [5.74, 6) is 1.42. The van der Waals surface area contributed by atoms with Crippen LogP contribution in [0.5, 0.6) is 0 Å². The molecule has 9 heteroatoms. The smallest absolute Gasteiger partial charge is 0.290 e. The molecule has 0 unspecified atom stereocenters. The van der Waals surface area contributed by atoms with Crippen molar-refractivity contribution >= 4 is 24.4 Å². The predicted molar refractivity (Wildman–Crippen MR) is 98.5 cm³/mol. The van der Waals surface area contributed by atoms with Crippen LogP contribution in [0, 0.1) is 0 Å². The number of carbonyl (C=O) groups is 2. The molecule has 0 spiro atoms. The van der Waals surface area contributed by atoms with Crippen molar-refractivity contribution < 1.29 is 14.7 Å². The van der Waals surface area contributed by atoms with Gasteiger partial charge in [0.2, 0.25) is 11.9 Å². The summed E-state index contributed by atoms with van der Waals surface area (Å²) in [4.78, 5) is 36.7. The molecule has 2 heterocycles. The normalized spacial score (nSPS) is 10.2. The molecule has 0 saturated carbocycles. The van der Waals surface area contributed by atoms with Gasteiger partial charge < -0.3 is 19.5 Å². The van der Waals surface area contributed by atoms with Crippen molar-refractivity contribution in [1.82, 2.24) is 24.4 Å². The first kappa shape index (κ1) is 20.8. The van der Waals surface area contributed by atoms with Crippen LogP contribution >= 0.6 is 0 Å². The van der Waals surface area contributed by atoms with E-state index in [-0.39, 0.29) is 12.4 Å². The Bertz CT molecular complexity index is 724. The van der Waals surface area contributed by atoms with Gasteiger partial charge in [-0.25, -0.2) is 15.0 Å². The minimum Gasteiger partial charge on any atom is -0.483 e. The Balaban J connectivity index is 0.00000105. The number of aryl methyl sites for hydroxylation is 1. The fraction of sp³-hybridized carbons (Fsp3) is 0.353. The first-order valence-electron chi connectivity index (χ1n) is 7.93. The Morgan fingerprint density at radius 3 is 2.38 bits per heavy atom. The second kappa shape index (κ2) is 10.6. The summed E-state index contributed by atoms with van der Waals surface area (Å²) in [6.45, 7) is 3.10. The summed E-state index contributed by atoms with van der Waals surface area (Å²) >= 11 is 0. The molecular weight excluding hydrogens is 336 g/mol. The third-order valence-electron chi connectivity index (χ3n) is 3.37. The van der Waals surface area contributed by atoms with Crippen LogP contribution in [0.4, 0.5) is 5.95 Å². The fourth-order valence-electron chi connectivity index (χ4n) is 2.01. The molecular formula is C17H24N6O3. The number of hydrogen-bond acceptors (Lipinski definition) is 6. The average molecular weight is 360 g/mol. The van der Waals surface area contributed by atoms with E-state index in [1.807, 2.05) is 36.7 Å². The van der Waals surface area contributed by atoms with Crippen LogP contribution in [0.3, 0.4) is 0 Å². The van der Waals surface area contributed by atoms with Crippen LogP contribution in [-0.2, 0) is 22.7 Å². The van der Waals surface area contributed by atoms with Crippen LogP contribution in [-0.4, -0.2) is 63.0 Å². The molecule has 2 aromatic rings. The summed E-state index contributed by atoms with van der Waals surface area (Å²) in [7, 11) is 5.51. The molecule has 0 aromatic carbocycles. The minimum atomic E-state index is -0.250. The van der Waals surface area contributed by atoms with Crippen molar-refractivity contribution in [3.8, 4) is 0 Å². The van der Waals surface area contributed by atoms with E-state index in [1.54, 1.807) is 36.6 Å². The third-order valence-corrected chi connectivity index (χ3v) is 3.37. The molecule has 0 radical (unpaired) electrons. The summed E-state index contributed by atoms with van der Waals surface area (Å²) < 4.78 is 2.02. The highest BCUT2D eigenvalue weighted by Gasteiger charge is 2.09. The maximum Gasteiger partial charge on any atom is 0.290 e. The molecule has 26 heavy (non-hydrogen) atoms. The van der Waals surface area contributed by atoms with Gasteiger partial charge in [-0.1, -0.05) is 0 Å². The SMILES string of the molecule is CCn1ccnc1CN(C)C(=O)C=Cc1cnc(N(C)C)nc1.O=CO. The number of aromatic nitrogens is 4. The van der Waals surface area contributed by atoms with Crippen LogP contribution in [0.1, 0.15) is 18.3 Å². The molecule has 1 amide bonds. The van der Waals surface area contributed by atoms with Gasteiger partial charge in [-0.2, -0.15) is 0 Å². The monoisotopic (exact) mass is 360 g/mol. The van der Waals surface area contributed by atoms with Crippen LogP contribution in [0.15, 0.2) is 30.9 Å². The number of nitrogens with zero attached hydrogens (tertiary/aromatic N) is 6. The lowest BCUT2D eigenvalue weighted by Gasteiger charge is -2.15. The topological polar surface area (TPSA) is 104 Å². The van der Waals surface area contributed by atoms with E-state index in [9.17, 15) is 4.79 Å². The molecule has 1 N–H and O–H groups in total. The lowest BCUT2D eigenvalue weighted by atomic mass is 10.3. The molecule has 140 valence electrons. The number of likely N-dealkylation sites (N-methyl/N-ethyl adjacent to an activating group) is 1. The molecule has 9 nitrogen and oxygen atoms in total. The van der Waals surface area contributed by atoms with Crippen LogP contribution < -0.4 is 4.90 Å². The molecule has 0 aliphatic rings. The lowest BCUT2D eigenvalue weighted by molar-refractivity contribution is -0.125. The quantitative estimate of drug-likeness (QED) is 0.608. The van der Waals surface area contributed by atoms with Gasteiger partial charge in [0, 0.05) is 64.1 Å². The van der Waals surface area contributed by atoms with E-state index in [4.69, 9.17) is 9.90 Å². The highest BCUT2D eigenvalue weighted by molar-refractivity contribution is 5.91. The Labute approximate surface area is 152 Å². The Hall–Kier alpha value is -3.23. The van der Waals surface area contributed by atoms with E-state index in [1.165, 1.54) is 6.08 Å². The molecule has 0 aliphatic heterocycles. The molecule has 0 aliphatic carbocycles. The summed E-state index contributed by atoms with van der Waals surface area (Å²) in [6.07, 6.45) is 10.3. The van der Waals surface area contributed by atoms with Crippen molar-refractivity contribution in [2.24, 2.45) is 0 Å². The van der Waals surface area contributed by atoms with Crippen molar-refractivity contribution in [1.29, 1.82) is 0 Å². The average Bonchev–Trinajstić information content (AvgIpc) is 3.07. The molecule has 0 bridgehead atoms. The zero-order chi connectivity index (χ0) is 19.5. The van der Waals surface area contributed by atoms with Gasteiger partial charge in [0.05, 0.1) is 6.54 Å². The Morgan fingerprint density at radius 1 is 1.23 bits per heavy atom. The molecule has 0 fully saturated rings. The van der Waals surface area contributed by atoms with Gasteiger partial charge in [-0.05, 0) is 13.0 Å². The zero-order valence-electron chi connectivity index (χ0n) is 15.4. The van der Waals surface area contributed by atoms with Crippen molar-refractivity contribution in [2.75, 3.05) is 26.0 Å². The third kappa shape index (κ3) is 6.34. The number of hydrogen-bond donors (Lipinski definition) is 1. The first-order chi connectivity index (χ1) is 12.4. The maximum absolute atomic E-state index is 12.2. The minimum absolute atomic E-state index is 0.0904. The Kier molecular flexibility index (Phi) is 8.48.